The van der Waals surface area contributed by atoms with Crippen molar-refractivity contribution in [1.29, 1.82) is 0 Å². The van der Waals surface area contributed by atoms with Gasteiger partial charge in [-0.15, -0.1) is 11.3 Å². The van der Waals surface area contributed by atoms with E-state index < -0.39 is 41.5 Å². The van der Waals surface area contributed by atoms with E-state index in [-0.39, 0.29) is 51.0 Å². The van der Waals surface area contributed by atoms with Crippen LogP contribution in [0.25, 0.3) is 0 Å². The summed E-state index contributed by atoms with van der Waals surface area (Å²) in [6, 6.07) is 6.80. The van der Waals surface area contributed by atoms with Crippen LogP contribution in [0.3, 0.4) is 0 Å². The summed E-state index contributed by atoms with van der Waals surface area (Å²) in [4.78, 5) is 54.7. The SMILES string of the molecule is C[C@@H](NC(=O)CC1CCC(F)(F)CC1)C(=O)N[C@H](Cc1ccccc1)C(=O)C(=O)NCc1cscn1. The van der Waals surface area contributed by atoms with Gasteiger partial charge in [-0.2, -0.15) is 0 Å². The fourth-order valence-corrected chi connectivity index (χ4v) is 4.59. The number of thiazole rings is 1. The number of carbonyl (C=O) groups is 4. The molecule has 1 aromatic heterocycles. The summed E-state index contributed by atoms with van der Waals surface area (Å²) in [6.45, 7) is 1.55. The van der Waals surface area contributed by atoms with Crippen molar-refractivity contribution in [3.8, 4) is 0 Å². The molecule has 3 rings (SSSR count). The first kappa shape index (κ1) is 27.4. The van der Waals surface area contributed by atoms with Crippen molar-refractivity contribution >= 4 is 34.8 Å². The van der Waals surface area contributed by atoms with Crippen LogP contribution >= 0.6 is 11.3 Å². The van der Waals surface area contributed by atoms with Crippen molar-refractivity contribution in [2.24, 2.45) is 5.92 Å². The molecule has 1 aliphatic carbocycles. The maximum Gasteiger partial charge on any atom is 0.289 e. The summed E-state index contributed by atoms with van der Waals surface area (Å²) < 4.78 is 26.7. The first-order valence-corrected chi connectivity index (χ1v) is 12.8. The Bertz CT molecular complexity index is 1040. The van der Waals surface area contributed by atoms with Gasteiger partial charge >= 0.3 is 0 Å². The van der Waals surface area contributed by atoms with Gasteiger partial charge in [-0.3, -0.25) is 19.2 Å². The molecule has 194 valence electrons. The molecule has 0 saturated heterocycles. The zero-order chi connectivity index (χ0) is 26.1. The van der Waals surface area contributed by atoms with Crippen molar-refractivity contribution in [2.45, 2.75) is 70.0 Å². The molecule has 1 aliphatic rings. The smallest absolute Gasteiger partial charge is 0.289 e. The van der Waals surface area contributed by atoms with E-state index in [2.05, 4.69) is 20.9 Å². The molecule has 1 fully saturated rings. The van der Waals surface area contributed by atoms with Crippen LogP contribution in [-0.2, 0) is 32.1 Å². The third kappa shape index (κ3) is 8.47. The molecule has 0 aliphatic heterocycles. The fraction of sp³-hybridized carbons (Fsp3) is 0.480. The Morgan fingerprint density at radius 3 is 2.44 bits per heavy atom. The van der Waals surface area contributed by atoms with Gasteiger partial charge in [-0.05, 0) is 31.2 Å². The van der Waals surface area contributed by atoms with Gasteiger partial charge in [0.15, 0.2) is 0 Å². The minimum absolute atomic E-state index is 0.0547. The topological polar surface area (TPSA) is 117 Å². The average Bonchev–Trinajstić information content (AvgIpc) is 3.37. The lowest BCUT2D eigenvalue weighted by Crippen LogP contribution is -2.53. The molecule has 0 radical (unpaired) electrons. The summed E-state index contributed by atoms with van der Waals surface area (Å²) in [5.74, 6) is -5.54. The predicted octanol–water partition coefficient (Wildman–Crippen LogP) is 2.78. The molecular formula is C25H30F2N4O4S. The fourth-order valence-electron chi connectivity index (χ4n) is 4.03. The van der Waals surface area contributed by atoms with E-state index in [9.17, 15) is 28.0 Å². The molecule has 0 spiro atoms. The molecule has 0 unspecified atom stereocenters. The Labute approximate surface area is 212 Å². The number of nitrogens with zero attached hydrogens (tertiary/aromatic N) is 1. The van der Waals surface area contributed by atoms with Crippen LogP contribution in [0.2, 0.25) is 0 Å². The lowest BCUT2D eigenvalue weighted by molar-refractivity contribution is -0.140. The summed E-state index contributed by atoms with van der Waals surface area (Å²) in [7, 11) is 0. The minimum atomic E-state index is -2.67. The molecule has 2 atom stereocenters. The van der Waals surface area contributed by atoms with E-state index in [0.717, 1.165) is 5.56 Å². The second-order valence-electron chi connectivity index (χ2n) is 9.07. The van der Waals surface area contributed by atoms with E-state index in [1.807, 2.05) is 6.07 Å². The summed E-state index contributed by atoms with van der Waals surface area (Å²) in [5, 5.41) is 9.42. The number of ketones is 1. The second-order valence-corrected chi connectivity index (χ2v) is 9.79. The Hall–Kier alpha value is -3.21. The first-order chi connectivity index (χ1) is 17.1. The zero-order valence-corrected chi connectivity index (χ0v) is 20.8. The lowest BCUT2D eigenvalue weighted by atomic mass is 9.84. The summed E-state index contributed by atoms with van der Waals surface area (Å²) in [5.41, 5.74) is 2.97. The number of carbonyl (C=O) groups excluding carboxylic acids is 4. The molecule has 3 N–H and O–H groups in total. The largest absolute Gasteiger partial charge is 0.345 e. The minimum Gasteiger partial charge on any atom is -0.345 e. The highest BCUT2D eigenvalue weighted by Gasteiger charge is 2.36. The number of benzene rings is 1. The van der Waals surface area contributed by atoms with Crippen molar-refractivity contribution in [3.05, 3.63) is 52.5 Å². The second kappa shape index (κ2) is 12.7. The number of nitrogens with one attached hydrogen (secondary N) is 3. The molecule has 36 heavy (non-hydrogen) atoms. The monoisotopic (exact) mass is 520 g/mol. The summed E-state index contributed by atoms with van der Waals surface area (Å²) >= 11 is 1.36. The quantitative estimate of drug-likeness (QED) is 0.394. The van der Waals surface area contributed by atoms with Crippen LogP contribution in [0.1, 0.15) is 50.3 Å². The van der Waals surface area contributed by atoms with Gasteiger partial charge < -0.3 is 16.0 Å². The number of Topliss-reactive ketones (excluding diaryl/α,β-unsaturated/α-hetero) is 1. The van der Waals surface area contributed by atoms with Crippen LogP contribution < -0.4 is 16.0 Å². The normalized spacial score (nSPS) is 17.0. The predicted molar refractivity (Wildman–Crippen MR) is 130 cm³/mol. The van der Waals surface area contributed by atoms with Crippen LogP contribution in [0, 0.1) is 5.92 Å². The van der Waals surface area contributed by atoms with Gasteiger partial charge in [0.2, 0.25) is 23.5 Å². The average molecular weight is 521 g/mol. The molecule has 1 aromatic carbocycles. The Morgan fingerprint density at radius 1 is 1.11 bits per heavy atom. The van der Waals surface area contributed by atoms with E-state index in [1.54, 1.807) is 35.2 Å². The molecule has 8 nitrogen and oxygen atoms in total. The van der Waals surface area contributed by atoms with E-state index in [0.29, 0.717) is 5.69 Å². The standard InChI is InChI=1S/C25H30F2N4O4S/c1-16(30-21(32)12-18-7-9-25(26,27)10-8-18)23(34)31-20(11-17-5-3-2-4-6-17)22(33)24(35)28-13-19-14-36-15-29-19/h2-6,14-16,18,20H,7-13H2,1H3,(H,28,35)(H,30,32)(H,31,34)/t16-,20-/m1/s1. The van der Waals surface area contributed by atoms with Crippen molar-refractivity contribution in [1.82, 2.24) is 20.9 Å². The lowest BCUT2D eigenvalue weighted by Gasteiger charge is -2.28. The van der Waals surface area contributed by atoms with Gasteiger partial charge in [0.25, 0.3) is 5.91 Å². The van der Waals surface area contributed by atoms with E-state index in [4.69, 9.17) is 0 Å². The molecule has 1 heterocycles. The van der Waals surface area contributed by atoms with Crippen LogP contribution in [0.15, 0.2) is 41.2 Å². The Morgan fingerprint density at radius 2 is 1.81 bits per heavy atom. The van der Waals surface area contributed by atoms with Gasteiger partial charge in [-0.1, -0.05) is 30.3 Å². The number of halogens is 2. The van der Waals surface area contributed by atoms with Crippen molar-refractivity contribution < 1.29 is 28.0 Å². The maximum atomic E-state index is 13.3. The number of rotatable bonds is 11. The van der Waals surface area contributed by atoms with E-state index in [1.165, 1.54) is 18.3 Å². The van der Waals surface area contributed by atoms with Crippen molar-refractivity contribution in [3.63, 3.8) is 0 Å². The number of amides is 3. The zero-order valence-electron chi connectivity index (χ0n) is 20.0. The highest BCUT2D eigenvalue weighted by molar-refractivity contribution is 7.07. The van der Waals surface area contributed by atoms with Crippen molar-refractivity contribution in [2.75, 3.05) is 0 Å². The third-order valence-corrected chi connectivity index (χ3v) is 6.77. The number of aromatic nitrogens is 1. The maximum absolute atomic E-state index is 13.3. The molecule has 3 amide bonds. The number of hydrogen-bond donors (Lipinski definition) is 3. The number of hydrogen-bond acceptors (Lipinski definition) is 6. The first-order valence-electron chi connectivity index (χ1n) is 11.8. The van der Waals surface area contributed by atoms with E-state index >= 15 is 0 Å². The van der Waals surface area contributed by atoms with Gasteiger partial charge in [-0.25, -0.2) is 13.8 Å². The molecular weight excluding hydrogens is 490 g/mol. The highest BCUT2D eigenvalue weighted by atomic mass is 32.1. The van der Waals surface area contributed by atoms with Gasteiger partial charge in [0.1, 0.15) is 12.1 Å². The molecule has 0 bridgehead atoms. The summed E-state index contributed by atoms with van der Waals surface area (Å²) in [6.07, 6.45) is 0.171. The highest BCUT2D eigenvalue weighted by Crippen LogP contribution is 2.37. The third-order valence-electron chi connectivity index (χ3n) is 6.13. The van der Waals surface area contributed by atoms with Crippen LogP contribution in [-0.4, -0.2) is 46.5 Å². The Balaban J connectivity index is 1.57. The van der Waals surface area contributed by atoms with Gasteiger partial charge in [0.05, 0.1) is 17.7 Å². The Kier molecular flexibility index (Phi) is 9.63. The molecule has 11 heteroatoms. The van der Waals surface area contributed by atoms with Crippen LogP contribution in [0.4, 0.5) is 8.78 Å². The molecule has 2 aromatic rings. The van der Waals surface area contributed by atoms with Crippen LogP contribution in [0.5, 0.6) is 0 Å². The van der Waals surface area contributed by atoms with Gasteiger partial charge in [0, 0.05) is 31.1 Å². The number of alkyl halides is 2. The molecule has 1 saturated carbocycles.